The monoisotopic (exact) mass is 307 g/mol. The Morgan fingerprint density at radius 2 is 1.12 bits per heavy atom. The van der Waals surface area contributed by atoms with Crippen LogP contribution >= 0.6 is 0 Å². The number of rotatable bonds is 2. The van der Waals surface area contributed by atoms with Crippen molar-refractivity contribution >= 4 is 23.3 Å². The highest BCUT2D eigenvalue weighted by Gasteiger charge is 2.16. The third-order valence-electron chi connectivity index (χ3n) is 5.06. The minimum absolute atomic E-state index is 0.584. The largest absolute Gasteiger partial charge is 0.0623 e. The van der Waals surface area contributed by atoms with Crippen LogP contribution in [0.3, 0.4) is 0 Å². The molecule has 0 nitrogen and oxygen atoms in total. The Balaban J connectivity index is 1.53. The molecule has 114 valence electrons. The van der Waals surface area contributed by atoms with Crippen LogP contribution in [0.25, 0.3) is 23.3 Å². The predicted molar refractivity (Wildman–Crippen MR) is 102 cm³/mol. The van der Waals surface area contributed by atoms with Crippen LogP contribution in [-0.4, -0.2) is 0 Å². The molecule has 0 aromatic heterocycles. The van der Waals surface area contributed by atoms with E-state index in [4.69, 9.17) is 1.37 Å². The average molecular weight is 307 g/mol. The summed E-state index contributed by atoms with van der Waals surface area (Å²) in [5, 5.41) is 0. The number of fused-ring (bicyclic) bond motifs is 2. The van der Waals surface area contributed by atoms with Gasteiger partial charge in [-0.25, -0.2) is 0 Å². The van der Waals surface area contributed by atoms with Gasteiger partial charge in [0.15, 0.2) is 0 Å². The first-order valence-electron chi connectivity index (χ1n) is 8.96. The van der Waals surface area contributed by atoms with Crippen LogP contribution in [0.1, 0.15) is 34.8 Å². The molecule has 0 aliphatic heterocycles. The fourth-order valence-electron chi connectivity index (χ4n) is 3.77. The Labute approximate surface area is 144 Å². The molecule has 24 heavy (non-hydrogen) atoms. The lowest BCUT2D eigenvalue weighted by Gasteiger charge is -2.07. The quantitative estimate of drug-likeness (QED) is 0.554. The van der Waals surface area contributed by atoms with Crippen molar-refractivity contribution < 1.29 is 1.37 Å². The lowest BCUT2D eigenvalue weighted by Crippen LogP contribution is -1.90. The molecule has 5 rings (SSSR count). The van der Waals surface area contributed by atoms with Gasteiger partial charge in [0.2, 0.25) is 0 Å². The second-order valence-electron chi connectivity index (χ2n) is 6.60. The van der Waals surface area contributed by atoms with E-state index in [0.717, 1.165) is 12.8 Å². The van der Waals surface area contributed by atoms with E-state index in [1.807, 2.05) is 12.1 Å². The highest BCUT2D eigenvalue weighted by Crippen LogP contribution is 2.35. The Kier molecular flexibility index (Phi) is 2.80. The molecule has 0 radical (unpaired) electrons. The SMILES string of the molecule is [2H]c1cc(C2=Cc3ccccc3C2)cc(C2=Cc3ccccc3C2)c1. The van der Waals surface area contributed by atoms with Crippen LogP contribution in [0.15, 0.2) is 72.8 Å². The lowest BCUT2D eigenvalue weighted by molar-refractivity contribution is 1.30. The van der Waals surface area contributed by atoms with Crippen LogP contribution in [0.4, 0.5) is 0 Å². The molecule has 0 unspecified atom stereocenters. The normalized spacial score (nSPS) is 15.4. The molecule has 0 saturated carbocycles. The fourth-order valence-corrected chi connectivity index (χ4v) is 3.77. The molecule has 3 aromatic carbocycles. The summed E-state index contributed by atoms with van der Waals surface area (Å²) in [6.07, 6.45) is 6.45. The summed E-state index contributed by atoms with van der Waals surface area (Å²) >= 11 is 0. The minimum Gasteiger partial charge on any atom is -0.0619 e. The maximum atomic E-state index is 8.27. The van der Waals surface area contributed by atoms with Crippen molar-refractivity contribution in [2.45, 2.75) is 12.8 Å². The first kappa shape index (κ1) is 12.5. The summed E-state index contributed by atoms with van der Waals surface area (Å²) in [7, 11) is 0. The van der Waals surface area contributed by atoms with Crippen molar-refractivity contribution in [2.75, 3.05) is 0 Å². The van der Waals surface area contributed by atoms with Gasteiger partial charge in [0.25, 0.3) is 0 Å². The first-order chi connectivity index (χ1) is 12.3. The molecule has 3 aromatic rings. The van der Waals surface area contributed by atoms with Crippen molar-refractivity contribution in [3.8, 4) is 0 Å². The molecule has 0 amide bonds. The Hall–Kier alpha value is -2.86. The van der Waals surface area contributed by atoms with Gasteiger partial charge in [-0.15, -0.1) is 0 Å². The highest BCUT2D eigenvalue weighted by atomic mass is 14.2. The summed E-state index contributed by atoms with van der Waals surface area (Å²) in [5.74, 6) is 0. The van der Waals surface area contributed by atoms with E-state index >= 15 is 0 Å². The summed E-state index contributed by atoms with van der Waals surface area (Å²) in [5.41, 5.74) is 10.3. The van der Waals surface area contributed by atoms with E-state index in [9.17, 15) is 0 Å². The molecule has 0 bridgehead atoms. The maximum Gasteiger partial charge on any atom is 0.0623 e. The molecular weight excluding hydrogens is 288 g/mol. The van der Waals surface area contributed by atoms with Crippen LogP contribution in [0.2, 0.25) is 0 Å². The first-order valence-corrected chi connectivity index (χ1v) is 8.46. The van der Waals surface area contributed by atoms with Crippen molar-refractivity contribution in [3.05, 3.63) is 106 Å². The third kappa shape index (κ3) is 2.23. The molecule has 0 N–H and O–H groups in total. The predicted octanol–water partition coefficient (Wildman–Crippen LogP) is 5.88. The van der Waals surface area contributed by atoms with E-state index in [-0.39, 0.29) is 0 Å². The summed E-state index contributed by atoms with van der Waals surface area (Å²) in [6.45, 7) is 0. The van der Waals surface area contributed by atoms with Crippen molar-refractivity contribution in [1.29, 1.82) is 0 Å². The molecule has 0 atom stereocenters. The van der Waals surface area contributed by atoms with E-state index in [1.54, 1.807) is 0 Å². The second kappa shape index (κ2) is 5.35. The molecular formula is C24H18. The summed E-state index contributed by atoms with van der Waals surface area (Å²) in [6, 6.07) is 23.9. The van der Waals surface area contributed by atoms with Gasteiger partial charge in [0.05, 0.1) is 1.37 Å². The Morgan fingerprint density at radius 1 is 0.625 bits per heavy atom. The number of allylic oxidation sites excluding steroid dienone is 2. The van der Waals surface area contributed by atoms with Crippen LogP contribution in [0, 0.1) is 0 Å². The van der Waals surface area contributed by atoms with Crippen molar-refractivity contribution in [1.82, 2.24) is 0 Å². The lowest BCUT2D eigenvalue weighted by atomic mass is 9.97. The topological polar surface area (TPSA) is 0 Å². The highest BCUT2D eigenvalue weighted by molar-refractivity contribution is 5.92. The Bertz CT molecular complexity index is 971. The molecule has 0 heterocycles. The average Bonchev–Trinajstić information content (AvgIpc) is 3.25. The van der Waals surface area contributed by atoms with Gasteiger partial charge in [-0.1, -0.05) is 78.9 Å². The fraction of sp³-hybridized carbons (Fsp3) is 0.0833. The van der Waals surface area contributed by atoms with Crippen LogP contribution in [0.5, 0.6) is 0 Å². The van der Waals surface area contributed by atoms with E-state index < -0.39 is 0 Å². The standard InChI is InChI=1S/C24H18/c1-2-7-18-14-23(13-17(18)6-1)21-10-5-11-22(12-21)24-15-19-8-3-4-9-20(19)16-24/h1-13,15H,14,16H2/i5D. The molecule has 0 saturated heterocycles. The molecule has 0 heteroatoms. The van der Waals surface area contributed by atoms with E-state index in [2.05, 4.69) is 66.7 Å². The maximum absolute atomic E-state index is 8.27. The van der Waals surface area contributed by atoms with Crippen LogP contribution in [-0.2, 0) is 12.8 Å². The van der Waals surface area contributed by atoms with Gasteiger partial charge >= 0.3 is 0 Å². The number of hydrogen-bond donors (Lipinski definition) is 0. The minimum atomic E-state index is 0.584. The number of hydrogen-bond acceptors (Lipinski definition) is 0. The van der Waals surface area contributed by atoms with Gasteiger partial charge in [-0.05, 0) is 63.4 Å². The molecule has 0 fully saturated rings. The van der Waals surface area contributed by atoms with E-state index in [0.29, 0.717) is 6.04 Å². The van der Waals surface area contributed by atoms with Crippen molar-refractivity contribution in [2.24, 2.45) is 0 Å². The smallest absolute Gasteiger partial charge is 0.0619 e. The second-order valence-corrected chi connectivity index (χ2v) is 6.60. The van der Waals surface area contributed by atoms with Crippen molar-refractivity contribution in [3.63, 3.8) is 0 Å². The number of benzene rings is 3. The van der Waals surface area contributed by atoms with Gasteiger partial charge in [0.1, 0.15) is 0 Å². The van der Waals surface area contributed by atoms with Crippen LogP contribution < -0.4 is 0 Å². The molecule has 2 aliphatic carbocycles. The zero-order chi connectivity index (χ0) is 16.8. The van der Waals surface area contributed by atoms with Gasteiger partial charge in [-0.2, -0.15) is 0 Å². The van der Waals surface area contributed by atoms with E-state index in [1.165, 1.54) is 44.5 Å². The van der Waals surface area contributed by atoms with Gasteiger partial charge < -0.3 is 0 Å². The summed E-state index contributed by atoms with van der Waals surface area (Å²) in [4.78, 5) is 0. The molecule has 2 aliphatic rings. The van der Waals surface area contributed by atoms with Gasteiger partial charge in [-0.3, -0.25) is 0 Å². The zero-order valence-electron chi connectivity index (χ0n) is 14.4. The summed E-state index contributed by atoms with van der Waals surface area (Å²) < 4.78 is 8.27. The third-order valence-corrected chi connectivity index (χ3v) is 5.06. The van der Waals surface area contributed by atoms with Gasteiger partial charge in [0, 0.05) is 0 Å². The zero-order valence-corrected chi connectivity index (χ0v) is 13.4. The molecule has 0 spiro atoms. The Morgan fingerprint density at radius 3 is 1.62 bits per heavy atom.